The molecule has 152 valence electrons. The second-order valence-corrected chi connectivity index (χ2v) is 7.63. The summed E-state index contributed by atoms with van der Waals surface area (Å²) >= 11 is 0. The van der Waals surface area contributed by atoms with E-state index in [1.54, 1.807) is 20.8 Å². The van der Waals surface area contributed by atoms with Crippen LogP contribution in [0.3, 0.4) is 0 Å². The number of hydrogen-bond acceptors (Lipinski definition) is 4. The van der Waals surface area contributed by atoms with Crippen LogP contribution in [0.2, 0.25) is 0 Å². The number of amides is 4. The minimum atomic E-state index is -0.315. The average Bonchev–Trinajstić information content (AvgIpc) is 3.11. The molecule has 8 heteroatoms. The Kier molecular flexibility index (Phi) is 6.06. The van der Waals surface area contributed by atoms with E-state index in [2.05, 4.69) is 5.32 Å². The van der Waals surface area contributed by atoms with E-state index >= 15 is 0 Å². The van der Waals surface area contributed by atoms with Gasteiger partial charge in [-0.3, -0.25) is 9.69 Å². The van der Waals surface area contributed by atoms with Gasteiger partial charge < -0.3 is 19.9 Å². The number of nitrogens with zero attached hydrogens (tertiary/aromatic N) is 3. The van der Waals surface area contributed by atoms with Crippen LogP contribution in [0.15, 0.2) is 18.2 Å². The van der Waals surface area contributed by atoms with Gasteiger partial charge in [-0.15, -0.1) is 0 Å². The van der Waals surface area contributed by atoms with E-state index in [-0.39, 0.29) is 18.0 Å². The van der Waals surface area contributed by atoms with Gasteiger partial charge in [-0.05, 0) is 36.6 Å². The highest BCUT2D eigenvalue weighted by Gasteiger charge is 2.27. The molecule has 2 heterocycles. The van der Waals surface area contributed by atoms with Gasteiger partial charge in [0.1, 0.15) is 0 Å². The number of ether oxygens (including phenoxy) is 1. The SMILES string of the molecule is Cc1cc(C(=O)N2CCN(C(=O)OCC(C)C)CC2)ccc1N1CCNC1=O. The van der Waals surface area contributed by atoms with E-state index in [1.807, 2.05) is 32.9 Å². The van der Waals surface area contributed by atoms with E-state index in [0.29, 0.717) is 57.4 Å². The lowest BCUT2D eigenvalue weighted by Crippen LogP contribution is -2.50. The molecule has 0 aromatic heterocycles. The van der Waals surface area contributed by atoms with Crippen molar-refractivity contribution in [3.05, 3.63) is 29.3 Å². The first-order valence-electron chi connectivity index (χ1n) is 9.74. The number of urea groups is 1. The van der Waals surface area contributed by atoms with Crippen molar-refractivity contribution in [2.45, 2.75) is 20.8 Å². The third kappa shape index (κ3) is 4.37. The molecular weight excluding hydrogens is 360 g/mol. The van der Waals surface area contributed by atoms with Crippen LogP contribution in [0, 0.1) is 12.8 Å². The highest BCUT2D eigenvalue weighted by atomic mass is 16.6. The summed E-state index contributed by atoms with van der Waals surface area (Å²) in [7, 11) is 0. The molecule has 2 aliphatic rings. The van der Waals surface area contributed by atoms with E-state index in [0.717, 1.165) is 11.3 Å². The Morgan fingerprint density at radius 2 is 1.79 bits per heavy atom. The van der Waals surface area contributed by atoms with Crippen LogP contribution in [-0.4, -0.2) is 73.7 Å². The fourth-order valence-electron chi connectivity index (χ4n) is 3.40. The first-order chi connectivity index (χ1) is 13.4. The number of benzene rings is 1. The molecule has 2 aliphatic heterocycles. The molecular formula is C20H28N4O4. The molecule has 0 atom stereocenters. The molecule has 28 heavy (non-hydrogen) atoms. The van der Waals surface area contributed by atoms with Crippen molar-refractivity contribution in [2.24, 2.45) is 5.92 Å². The summed E-state index contributed by atoms with van der Waals surface area (Å²) in [6.07, 6.45) is -0.315. The maximum Gasteiger partial charge on any atom is 0.409 e. The van der Waals surface area contributed by atoms with Crippen molar-refractivity contribution < 1.29 is 19.1 Å². The number of carbonyl (C=O) groups excluding carboxylic acids is 3. The fourth-order valence-corrected chi connectivity index (χ4v) is 3.40. The van der Waals surface area contributed by atoms with Gasteiger partial charge in [0.25, 0.3) is 5.91 Å². The molecule has 1 aromatic rings. The highest BCUT2D eigenvalue weighted by Crippen LogP contribution is 2.23. The van der Waals surface area contributed by atoms with Crippen molar-refractivity contribution in [2.75, 3.05) is 50.8 Å². The number of piperazine rings is 1. The second-order valence-electron chi connectivity index (χ2n) is 7.63. The number of rotatable bonds is 4. The Hall–Kier alpha value is -2.77. The monoisotopic (exact) mass is 388 g/mol. The molecule has 4 amide bonds. The average molecular weight is 388 g/mol. The molecule has 0 saturated carbocycles. The van der Waals surface area contributed by atoms with Crippen LogP contribution in [0.25, 0.3) is 0 Å². The van der Waals surface area contributed by atoms with E-state index < -0.39 is 0 Å². The standard InChI is InChI=1S/C20H28N4O4/c1-14(2)13-28-20(27)23-10-8-22(9-11-23)18(25)16-4-5-17(15(3)12-16)24-7-6-21-19(24)26/h4-5,12,14H,6-11,13H2,1-3H3,(H,21,26). The molecule has 0 aliphatic carbocycles. The zero-order chi connectivity index (χ0) is 20.3. The number of hydrogen-bond donors (Lipinski definition) is 1. The molecule has 8 nitrogen and oxygen atoms in total. The summed E-state index contributed by atoms with van der Waals surface area (Å²) in [5, 5.41) is 2.78. The van der Waals surface area contributed by atoms with Gasteiger partial charge in [0.2, 0.25) is 0 Å². The first-order valence-corrected chi connectivity index (χ1v) is 9.74. The van der Waals surface area contributed by atoms with Crippen molar-refractivity contribution in [3.8, 4) is 0 Å². The molecule has 2 saturated heterocycles. The molecule has 1 N–H and O–H groups in total. The van der Waals surface area contributed by atoms with Crippen LogP contribution in [0.4, 0.5) is 15.3 Å². The second kappa shape index (κ2) is 8.50. The molecule has 3 rings (SSSR count). The van der Waals surface area contributed by atoms with Crippen molar-refractivity contribution in [1.82, 2.24) is 15.1 Å². The molecule has 0 radical (unpaired) electrons. The van der Waals surface area contributed by atoms with Crippen LogP contribution in [-0.2, 0) is 4.74 Å². The predicted octanol–water partition coefficient (Wildman–Crippen LogP) is 2.08. The molecule has 1 aromatic carbocycles. The number of carbonyl (C=O) groups is 3. The van der Waals surface area contributed by atoms with Gasteiger partial charge in [-0.1, -0.05) is 13.8 Å². The van der Waals surface area contributed by atoms with Crippen LogP contribution in [0.1, 0.15) is 29.8 Å². The Morgan fingerprint density at radius 3 is 2.36 bits per heavy atom. The van der Waals surface area contributed by atoms with Gasteiger partial charge in [0.15, 0.2) is 0 Å². The first kappa shape index (κ1) is 20.0. The van der Waals surface area contributed by atoms with Crippen molar-refractivity contribution in [3.63, 3.8) is 0 Å². The Balaban J connectivity index is 1.58. The van der Waals surface area contributed by atoms with Crippen molar-refractivity contribution >= 4 is 23.7 Å². The third-order valence-electron chi connectivity index (χ3n) is 4.96. The predicted molar refractivity (Wildman–Crippen MR) is 106 cm³/mol. The van der Waals surface area contributed by atoms with E-state index in [1.165, 1.54) is 0 Å². The van der Waals surface area contributed by atoms with Gasteiger partial charge in [0, 0.05) is 50.5 Å². The van der Waals surface area contributed by atoms with Gasteiger partial charge >= 0.3 is 12.1 Å². The quantitative estimate of drug-likeness (QED) is 0.856. The van der Waals surface area contributed by atoms with Crippen molar-refractivity contribution in [1.29, 1.82) is 0 Å². The third-order valence-corrected chi connectivity index (χ3v) is 4.96. The van der Waals surface area contributed by atoms with Crippen LogP contribution >= 0.6 is 0 Å². The lowest BCUT2D eigenvalue weighted by Gasteiger charge is -2.34. The zero-order valence-electron chi connectivity index (χ0n) is 16.7. The van der Waals surface area contributed by atoms with E-state index in [9.17, 15) is 14.4 Å². The summed E-state index contributed by atoms with van der Waals surface area (Å²) < 4.78 is 5.26. The topological polar surface area (TPSA) is 82.2 Å². The zero-order valence-corrected chi connectivity index (χ0v) is 16.7. The summed E-state index contributed by atoms with van der Waals surface area (Å²) in [6.45, 7) is 9.43. The number of nitrogens with one attached hydrogen (secondary N) is 1. The molecule has 0 unspecified atom stereocenters. The summed E-state index contributed by atoms with van der Waals surface area (Å²) in [4.78, 5) is 41.8. The van der Waals surface area contributed by atoms with Gasteiger partial charge in [-0.25, -0.2) is 9.59 Å². The largest absolute Gasteiger partial charge is 0.449 e. The highest BCUT2D eigenvalue weighted by molar-refractivity contribution is 5.98. The smallest absolute Gasteiger partial charge is 0.409 e. The maximum absolute atomic E-state index is 12.8. The normalized spacial score (nSPS) is 17.1. The fraction of sp³-hybridized carbons (Fsp3) is 0.550. The lowest BCUT2D eigenvalue weighted by molar-refractivity contribution is 0.0535. The lowest BCUT2D eigenvalue weighted by atomic mass is 10.1. The Morgan fingerprint density at radius 1 is 1.11 bits per heavy atom. The van der Waals surface area contributed by atoms with Gasteiger partial charge in [0.05, 0.1) is 6.61 Å². The summed E-state index contributed by atoms with van der Waals surface area (Å²) in [5.74, 6) is 0.236. The van der Waals surface area contributed by atoms with E-state index in [4.69, 9.17) is 4.74 Å². The van der Waals surface area contributed by atoms with Crippen LogP contribution in [0.5, 0.6) is 0 Å². The number of aryl methyl sites for hydroxylation is 1. The summed E-state index contributed by atoms with van der Waals surface area (Å²) in [5.41, 5.74) is 2.31. The Labute approximate surface area is 165 Å². The molecule has 2 fully saturated rings. The molecule has 0 bridgehead atoms. The minimum Gasteiger partial charge on any atom is -0.449 e. The van der Waals surface area contributed by atoms with Gasteiger partial charge in [-0.2, -0.15) is 0 Å². The minimum absolute atomic E-state index is 0.0595. The Bertz CT molecular complexity index is 757. The summed E-state index contributed by atoms with van der Waals surface area (Å²) in [6, 6.07) is 5.31. The molecule has 0 spiro atoms. The van der Waals surface area contributed by atoms with Crippen LogP contribution < -0.4 is 10.2 Å². The number of anilines is 1. The maximum atomic E-state index is 12.8.